The first-order valence-corrected chi connectivity index (χ1v) is 6.14. The molecule has 0 bridgehead atoms. The zero-order valence-electron chi connectivity index (χ0n) is 11.4. The largest absolute Gasteiger partial charge is 0.496 e. The third-order valence-electron chi connectivity index (χ3n) is 3.10. The van der Waals surface area contributed by atoms with Crippen molar-refractivity contribution in [3.8, 4) is 22.6 Å². The van der Waals surface area contributed by atoms with Gasteiger partial charge in [-0.25, -0.2) is 0 Å². The van der Waals surface area contributed by atoms with Gasteiger partial charge in [0.25, 0.3) is 0 Å². The molecule has 1 N–H and O–H groups in total. The highest BCUT2D eigenvalue weighted by Crippen LogP contribution is 2.37. The van der Waals surface area contributed by atoms with Gasteiger partial charge in [0.1, 0.15) is 17.8 Å². The van der Waals surface area contributed by atoms with E-state index in [9.17, 15) is 9.90 Å². The Morgan fingerprint density at radius 3 is 2.15 bits per heavy atom. The van der Waals surface area contributed by atoms with Crippen molar-refractivity contribution in [2.75, 3.05) is 14.2 Å². The second kappa shape index (κ2) is 6.21. The van der Waals surface area contributed by atoms with Crippen molar-refractivity contribution in [2.24, 2.45) is 0 Å². The van der Waals surface area contributed by atoms with Gasteiger partial charge >= 0.3 is 0 Å². The minimum absolute atomic E-state index is 0.0628. The highest BCUT2D eigenvalue weighted by molar-refractivity contribution is 5.83. The van der Waals surface area contributed by atoms with Crippen LogP contribution in [-0.2, 0) is 6.61 Å². The van der Waals surface area contributed by atoms with E-state index in [1.54, 1.807) is 44.6 Å². The molecule has 2 aromatic carbocycles. The van der Waals surface area contributed by atoms with Gasteiger partial charge in [0.05, 0.1) is 20.8 Å². The molecule has 0 aliphatic rings. The van der Waals surface area contributed by atoms with Gasteiger partial charge < -0.3 is 14.6 Å². The van der Waals surface area contributed by atoms with Gasteiger partial charge in [0.15, 0.2) is 0 Å². The minimum Gasteiger partial charge on any atom is -0.496 e. The smallest absolute Gasteiger partial charge is 0.150 e. The van der Waals surface area contributed by atoms with Crippen LogP contribution in [0.4, 0.5) is 0 Å². The molecule has 0 atom stereocenters. The van der Waals surface area contributed by atoms with Crippen LogP contribution < -0.4 is 9.47 Å². The van der Waals surface area contributed by atoms with Crippen molar-refractivity contribution >= 4 is 6.29 Å². The molecule has 4 heteroatoms. The lowest BCUT2D eigenvalue weighted by Gasteiger charge is -2.14. The van der Waals surface area contributed by atoms with E-state index in [0.717, 1.165) is 23.0 Å². The predicted octanol–water partition coefficient (Wildman–Crippen LogP) is 2.68. The fraction of sp³-hybridized carbons (Fsp3) is 0.188. The number of aliphatic hydroxyl groups is 1. The van der Waals surface area contributed by atoms with Crippen LogP contribution in [0.2, 0.25) is 0 Å². The summed E-state index contributed by atoms with van der Waals surface area (Å²) in [7, 11) is 3.15. The third-order valence-corrected chi connectivity index (χ3v) is 3.10. The molecule has 0 radical (unpaired) electrons. The summed E-state index contributed by atoms with van der Waals surface area (Å²) < 4.78 is 10.7. The summed E-state index contributed by atoms with van der Waals surface area (Å²) in [6, 6.07) is 10.6. The third kappa shape index (κ3) is 2.65. The molecule has 0 aliphatic carbocycles. The molecule has 0 aromatic heterocycles. The molecule has 104 valence electrons. The van der Waals surface area contributed by atoms with Gasteiger partial charge in [-0.3, -0.25) is 4.79 Å². The average molecular weight is 272 g/mol. The summed E-state index contributed by atoms with van der Waals surface area (Å²) in [6.07, 6.45) is 0.783. The number of carbonyl (C=O) groups is 1. The van der Waals surface area contributed by atoms with Crippen LogP contribution in [0.3, 0.4) is 0 Å². The van der Waals surface area contributed by atoms with E-state index in [0.29, 0.717) is 17.1 Å². The van der Waals surface area contributed by atoms with Crippen molar-refractivity contribution in [1.29, 1.82) is 0 Å². The SMILES string of the molecule is COc1ccc(C=O)cc1-c1cc(CO)ccc1OC. The molecular formula is C16H16O4. The molecule has 20 heavy (non-hydrogen) atoms. The monoisotopic (exact) mass is 272 g/mol. The fourth-order valence-electron chi connectivity index (χ4n) is 2.07. The Morgan fingerprint density at radius 1 is 1.00 bits per heavy atom. The number of carbonyl (C=O) groups excluding carboxylic acids is 1. The van der Waals surface area contributed by atoms with E-state index >= 15 is 0 Å². The zero-order chi connectivity index (χ0) is 14.5. The molecule has 0 fully saturated rings. The summed E-state index contributed by atoms with van der Waals surface area (Å²) in [5.74, 6) is 1.30. The van der Waals surface area contributed by atoms with Gasteiger partial charge in [-0.1, -0.05) is 6.07 Å². The van der Waals surface area contributed by atoms with Crippen molar-refractivity contribution in [3.63, 3.8) is 0 Å². The van der Waals surface area contributed by atoms with Crippen LogP contribution in [-0.4, -0.2) is 25.6 Å². The first-order chi connectivity index (χ1) is 9.73. The second-order valence-corrected chi connectivity index (χ2v) is 4.27. The van der Waals surface area contributed by atoms with Crippen molar-refractivity contribution in [3.05, 3.63) is 47.5 Å². The molecular weight excluding hydrogens is 256 g/mol. The summed E-state index contributed by atoms with van der Waals surface area (Å²) in [5.41, 5.74) is 2.85. The number of benzene rings is 2. The maximum absolute atomic E-state index is 11.0. The summed E-state index contributed by atoms with van der Waals surface area (Å²) in [6.45, 7) is -0.0628. The first kappa shape index (κ1) is 14.1. The topological polar surface area (TPSA) is 55.8 Å². The Morgan fingerprint density at radius 2 is 1.60 bits per heavy atom. The number of aliphatic hydroxyl groups excluding tert-OH is 1. The molecule has 0 unspecified atom stereocenters. The van der Waals surface area contributed by atoms with Gasteiger partial charge in [-0.2, -0.15) is 0 Å². The average Bonchev–Trinajstić information content (AvgIpc) is 2.53. The molecule has 0 aliphatic heterocycles. The maximum atomic E-state index is 11.0. The molecule has 2 aromatic rings. The van der Waals surface area contributed by atoms with E-state index in [1.165, 1.54) is 0 Å². The number of hydrogen-bond donors (Lipinski definition) is 1. The van der Waals surface area contributed by atoms with Crippen LogP contribution in [0.5, 0.6) is 11.5 Å². The molecule has 0 amide bonds. The quantitative estimate of drug-likeness (QED) is 0.850. The van der Waals surface area contributed by atoms with Crippen molar-refractivity contribution in [2.45, 2.75) is 6.61 Å². The number of methoxy groups -OCH3 is 2. The molecule has 4 nitrogen and oxygen atoms in total. The number of aldehydes is 1. The predicted molar refractivity (Wildman–Crippen MR) is 76.3 cm³/mol. The van der Waals surface area contributed by atoms with Crippen LogP contribution in [0.1, 0.15) is 15.9 Å². The Balaban J connectivity index is 2.67. The summed E-state index contributed by atoms with van der Waals surface area (Å²) >= 11 is 0. The Hall–Kier alpha value is -2.33. The van der Waals surface area contributed by atoms with Gasteiger partial charge in [-0.15, -0.1) is 0 Å². The normalized spacial score (nSPS) is 10.2. The molecule has 2 rings (SSSR count). The van der Waals surface area contributed by atoms with Crippen molar-refractivity contribution in [1.82, 2.24) is 0 Å². The zero-order valence-corrected chi connectivity index (χ0v) is 11.4. The second-order valence-electron chi connectivity index (χ2n) is 4.27. The molecule has 0 saturated heterocycles. The number of hydrogen-bond acceptors (Lipinski definition) is 4. The van der Waals surface area contributed by atoms with Crippen LogP contribution in [0, 0.1) is 0 Å². The number of rotatable bonds is 5. The highest BCUT2D eigenvalue weighted by atomic mass is 16.5. The van der Waals surface area contributed by atoms with E-state index in [2.05, 4.69) is 0 Å². The van der Waals surface area contributed by atoms with E-state index in [4.69, 9.17) is 9.47 Å². The Labute approximate surface area is 117 Å². The lowest BCUT2D eigenvalue weighted by molar-refractivity contribution is 0.112. The van der Waals surface area contributed by atoms with Crippen LogP contribution >= 0.6 is 0 Å². The summed E-state index contributed by atoms with van der Waals surface area (Å²) in [5, 5.41) is 9.27. The van der Waals surface area contributed by atoms with Gasteiger partial charge in [-0.05, 0) is 35.9 Å². The summed E-state index contributed by atoms with van der Waals surface area (Å²) in [4.78, 5) is 11.0. The molecule has 0 heterocycles. The van der Waals surface area contributed by atoms with Crippen LogP contribution in [0.15, 0.2) is 36.4 Å². The first-order valence-electron chi connectivity index (χ1n) is 6.14. The lowest BCUT2D eigenvalue weighted by Crippen LogP contribution is -1.95. The molecule has 0 saturated carbocycles. The fourth-order valence-corrected chi connectivity index (χ4v) is 2.07. The van der Waals surface area contributed by atoms with Gasteiger partial charge in [0.2, 0.25) is 0 Å². The van der Waals surface area contributed by atoms with Crippen LogP contribution in [0.25, 0.3) is 11.1 Å². The molecule has 0 spiro atoms. The van der Waals surface area contributed by atoms with Gasteiger partial charge in [0, 0.05) is 16.7 Å². The highest BCUT2D eigenvalue weighted by Gasteiger charge is 2.13. The Bertz CT molecular complexity index is 620. The van der Waals surface area contributed by atoms with Crippen molar-refractivity contribution < 1.29 is 19.4 Å². The van der Waals surface area contributed by atoms with E-state index < -0.39 is 0 Å². The standard InChI is InChI=1S/C16H16O4/c1-19-15-5-3-11(9-17)7-13(15)14-8-12(10-18)4-6-16(14)20-2/h3-9,18H,10H2,1-2H3. The maximum Gasteiger partial charge on any atom is 0.150 e. The van der Waals surface area contributed by atoms with E-state index in [1.807, 2.05) is 6.07 Å². The Kier molecular flexibility index (Phi) is 4.38. The minimum atomic E-state index is -0.0628. The lowest BCUT2D eigenvalue weighted by atomic mass is 9.99. The number of ether oxygens (including phenoxy) is 2. The van der Waals surface area contributed by atoms with E-state index in [-0.39, 0.29) is 6.61 Å².